The quantitative estimate of drug-likeness (QED) is 0.428. The van der Waals surface area contributed by atoms with Gasteiger partial charge in [0.2, 0.25) is 5.52 Å². The molecule has 0 aliphatic rings. The Hall–Kier alpha value is -0.944. The molecule has 0 unspecified atom stereocenters. The zero-order valence-electron chi connectivity index (χ0n) is 6.98. The Morgan fingerprint density at radius 1 is 1.12 bits per heavy atom. The van der Waals surface area contributed by atoms with Crippen LogP contribution in [0.25, 0.3) is 11.0 Å². The molecule has 1 heterocycles. The zero-order chi connectivity index (χ0) is 11.0. The van der Waals surface area contributed by atoms with Gasteiger partial charge in [0.05, 0.1) is 9.85 Å². The molecule has 0 saturated carbocycles. The van der Waals surface area contributed by atoms with Gasteiger partial charge >= 0.3 is 62.8 Å². The molecule has 16 heavy (non-hydrogen) atoms. The van der Waals surface area contributed by atoms with Crippen molar-refractivity contribution in [3.8, 4) is 0 Å². The van der Waals surface area contributed by atoms with Crippen molar-refractivity contribution in [1.29, 1.82) is 0 Å². The molecule has 78 valence electrons. The first kappa shape index (κ1) is 13.1. The van der Waals surface area contributed by atoms with Crippen LogP contribution in [0.2, 0.25) is 0 Å². The van der Waals surface area contributed by atoms with Gasteiger partial charge in [0.25, 0.3) is 0 Å². The first-order chi connectivity index (χ1) is 7.11. The minimum atomic E-state index is -0.884. The van der Waals surface area contributed by atoms with Crippen LogP contribution in [0.4, 0.5) is 11.4 Å². The van der Waals surface area contributed by atoms with Gasteiger partial charge in [0.1, 0.15) is 5.52 Å². The third-order valence-electron chi connectivity index (χ3n) is 1.76. The molecule has 0 radical (unpaired) electrons. The van der Waals surface area contributed by atoms with E-state index in [0.717, 1.165) is 6.07 Å². The van der Waals surface area contributed by atoms with Crippen LogP contribution in [0, 0.1) is 20.2 Å². The molecule has 0 aliphatic heterocycles. The van der Waals surface area contributed by atoms with E-state index in [4.69, 9.17) is 0 Å². The number of benzene rings is 1. The van der Waals surface area contributed by atoms with E-state index in [9.17, 15) is 20.2 Å². The van der Waals surface area contributed by atoms with Crippen molar-refractivity contribution < 1.29 is 14.5 Å². The molecule has 0 bridgehead atoms. The first-order valence-electron chi connectivity index (χ1n) is 3.65. The summed E-state index contributed by atoms with van der Waals surface area (Å²) < 4.78 is 4.26. The molecule has 0 atom stereocenters. The number of nitro groups is 2. The second-order valence-electron chi connectivity index (χ2n) is 2.58. The molecule has 0 saturated heterocycles. The van der Waals surface area contributed by atoms with Crippen LogP contribution in [-0.2, 0) is 0 Å². The van der Waals surface area contributed by atoms with Crippen molar-refractivity contribution in [2.75, 3.05) is 0 Å². The molecule has 10 heteroatoms. The van der Waals surface area contributed by atoms with Crippen LogP contribution < -0.4 is 0 Å². The van der Waals surface area contributed by atoms with Crippen molar-refractivity contribution in [2.45, 2.75) is 0 Å². The average Bonchev–Trinajstić information content (AvgIpc) is 2.62. The van der Waals surface area contributed by atoms with E-state index in [1.165, 1.54) is 6.07 Å². The van der Waals surface area contributed by atoms with Crippen molar-refractivity contribution in [2.24, 2.45) is 0 Å². The molecule has 1 aromatic heterocycles. The molecule has 0 fully saturated rings. The van der Waals surface area contributed by atoms with Crippen molar-refractivity contribution in [3.05, 3.63) is 32.4 Å². The summed E-state index contributed by atoms with van der Waals surface area (Å²) in [7, 11) is 0. The Morgan fingerprint density at radius 2 is 1.81 bits per heavy atom. The summed E-state index contributed by atoms with van der Waals surface area (Å²) in [4.78, 5) is 19.4. The molecule has 9 nitrogen and oxygen atoms in total. The van der Waals surface area contributed by atoms with Crippen LogP contribution in [0.1, 0.15) is 0 Å². The van der Waals surface area contributed by atoms with Crippen LogP contribution in [0.5, 0.6) is 0 Å². The summed E-state index contributed by atoms with van der Waals surface area (Å²) in [5, 5.41) is 27.7. The Morgan fingerprint density at radius 3 is 2.38 bits per heavy atom. The molecular formula is C6H3KN4O5. The van der Waals surface area contributed by atoms with Gasteiger partial charge in [-0.05, 0) is 16.4 Å². The summed E-state index contributed by atoms with van der Waals surface area (Å²) in [5.74, 6) is 0. The number of fused-ring (bicyclic) bond motifs is 1. The Labute approximate surface area is 129 Å². The van der Waals surface area contributed by atoms with Gasteiger partial charge in [-0.2, -0.15) is 0 Å². The number of hydrogen-bond acceptors (Lipinski definition) is 7. The normalized spacial score (nSPS) is 9.75. The fourth-order valence-electron chi connectivity index (χ4n) is 1.15. The Bertz CT molecular complexity index is 567. The molecule has 0 N–H and O–H groups in total. The van der Waals surface area contributed by atoms with E-state index in [1.807, 2.05) is 0 Å². The maximum absolute atomic E-state index is 10.6. The van der Waals surface area contributed by atoms with Gasteiger partial charge in [-0.1, -0.05) is 0 Å². The fraction of sp³-hybridized carbons (Fsp3) is 0. The third kappa shape index (κ3) is 2.10. The predicted octanol–water partition coefficient (Wildman–Crippen LogP) is 0.391. The van der Waals surface area contributed by atoms with E-state index in [1.54, 1.807) is 0 Å². The number of nitrogens with zero attached hydrogens (tertiary/aromatic N) is 4. The topological polar surface area (TPSA) is 125 Å². The van der Waals surface area contributed by atoms with E-state index in [-0.39, 0.29) is 62.4 Å². The average molecular weight is 250 g/mol. The van der Waals surface area contributed by atoms with Crippen LogP contribution in [-0.4, -0.2) is 71.5 Å². The van der Waals surface area contributed by atoms with Gasteiger partial charge in [-0.3, -0.25) is 20.2 Å². The van der Waals surface area contributed by atoms with Crippen LogP contribution in [0.15, 0.2) is 16.8 Å². The summed E-state index contributed by atoms with van der Waals surface area (Å²) in [6.07, 6.45) is 0. The minimum absolute atomic E-state index is 0. The van der Waals surface area contributed by atoms with Gasteiger partial charge in [-0.15, -0.1) is 0 Å². The molecule has 2 aromatic rings. The van der Waals surface area contributed by atoms with Crippen molar-refractivity contribution in [3.63, 3.8) is 0 Å². The molecule has 0 amide bonds. The van der Waals surface area contributed by atoms with Gasteiger partial charge in [0.15, 0.2) is 0 Å². The first-order valence-corrected chi connectivity index (χ1v) is 3.65. The summed E-state index contributed by atoms with van der Waals surface area (Å²) in [5.41, 5.74) is -1.47. The fourth-order valence-corrected chi connectivity index (χ4v) is 1.15. The monoisotopic (exact) mass is 250 g/mol. The SMILES string of the molecule is O=[N+]([O-])c1ccc2nonc2c1[N+](=O)[O-].[KH]. The number of nitro benzene ring substituents is 2. The summed E-state index contributed by atoms with van der Waals surface area (Å²) >= 11 is 0. The second-order valence-corrected chi connectivity index (χ2v) is 2.58. The second kappa shape index (κ2) is 4.93. The molecular weight excluding hydrogens is 247 g/mol. The standard InChI is InChI=1S/C6H2N4O5.K.H/c11-9(12)4-2-1-3-5(8-15-7-3)6(4)10(13)14;;/h1-2H;;. The molecule has 1 aromatic carbocycles. The van der Waals surface area contributed by atoms with Gasteiger partial charge in [-0.25, -0.2) is 4.63 Å². The van der Waals surface area contributed by atoms with Gasteiger partial charge in [0, 0.05) is 6.07 Å². The maximum atomic E-state index is 10.6. The van der Waals surface area contributed by atoms with Gasteiger partial charge < -0.3 is 0 Å². The zero-order valence-corrected chi connectivity index (χ0v) is 6.98. The van der Waals surface area contributed by atoms with E-state index in [2.05, 4.69) is 14.9 Å². The van der Waals surface area contributed by atoms with Crippen molar-refractivity contribution in [1.82, 2.24) is 10.3 Å². The molecule has 2 rings (SSSR count). The van der Waals surface area contributed by atoms with Crippen LogP contribution >= 0.6 is 0 Å². The van der Waals surface area contributed by atoms with E-state index < -0.39 is 21.2 Å². The number of rotatable bonds is 2. The van der Waals surface area contributed by atoms with Crippen molar-refractivity contribution >= 4 is 73.8 Å². The summed E-state index contributed by atoms with van der Waals surface area (Å²) in [6, 6.07) is 2.22. The number of aromatic nitrogens is 2. The van der Waals surface area contributed by atoms with E-state index >= 15 is 0 Å². The summed E-state index contributed by atoms with van der Waals surface area (Å²) in [6.45, 7) is 0. The van der Waals surface area contributed by atoms with E-state index in [0.29, 0.717) is 0 Å². The Balaban J connectivity index is 0.00000128. The molecule has 0 aliphatic carbocycles. The number of hydrogen-bond donors (Lipinski definition) is 0. The predicted molar refractivity (Wildman–Crippen MR) is 52.3 cm³/mol. The Kier molecular flexibility index (Phi) is 4.04. The van der Waals surface area contributed by atoms with Crippen LogP contribution in [0.3, 0.4) is 0 Å². The third-order valence-corrected chi connectivity index (χ3v) is 1.76. The molecule has 0 spiro atoms.